The van der Waals surface area contributed by atoms with E-state index in [-0.39, 0.29) is 11.9 Å². The molecule has 0 saturated heterocycles. The van der Waals surface area contributed by atoms with Gasteiger partial charge in [-0.1, -0.05) is 6.07 Å². The summed E-state index contributed by atoms with van der Waals surface area (Å²) in [6.07, 6.45) is 3.07. The summed E-state index contributed by atoms with van der Waals surface area (Å²) in [5.74, 6) is 1.21. The Balaban J connectivity index is 1.69. The number of hydrogen-bond acceptors (Lipinski definition) is 5. The highest BCUT2D eigenvalue weighted by Crippen LogP contribution is 2.33. The Bertz CT molecular complexity index is 1020. The molecule has 7 nitrogen and oxygen atoms in total. The Morgan fingerprint density at radius 2 is 1.85 bits per heavy atom. The quantitative estimate of drug-likeness (QED) is 0.604. The molecule has 1 atom stereocenters. The molecule has 3 amide bonds. The van der Waals surface area contributed by atoms with E-state index in [0.717, 1.165) is 11.1 Å². The number of nitrogens with zero attached hydrogens (tertiary/aromatic N) is 1. The van der Waals surface area contributed by atoms with Gasteiger partial charge in [-0.15, -0.1) is 0 Å². The fraction of sp³-hybridized carbons (Fsp3) is 0.417. The first kappa shape index (κ1) is 24.7. The van der Waals surface area contributed by atoms with Crippen LogP contribution < -0.4 is 20.1 Å². The molecular formula is C24H30FN3O4S. The van der Waals surface area contributed by atoms with Crippen molar-refractivity contribution >= 4 is 29.4 Å². The van der Waals surface area contributed by atoms with Crippen LogP contribution in [0.3, 0.4) is 0 Å². The average Bonchev–Trinajstić information content (AvgIpc) is 2.82. The lowest BCUT2D eigenvalue weighted by molar-refractivity contribution is -0.118. The van der Waals surface area contributed by atoms with E-state index < -0.39 is 11.9 Å². The van der Waals surface area contributed by atoms with Crippen molar-refractivity contribution in [3.63, 3.8) is 0 Å². The van der Waals surface area contributed by atoms with Crippen LogP contribution in [-0.4, -0.2) is 55.7 Å². The molecule has 1 unspecified atom stereocenters. The summed E-state index contributed by atoms with van der Waals surface area (Å²) in [4.78, 5) is 27.6. The first-order valence-corrected chi connectivity index (χ1v) is 12.1. The largest absolute Gasteiger partial charge is 0.493 e. The van der Waals surface area contributed by atoms with E-state index in [9.17, 15) is 14.0 Å². The standard InChI is InChI=1S/C24H30FN3O4S/c1-15-5-6-18(13-19(15)25)26-23(29)20(8-10-33-4)27-24(30)28-9-7-16-11-21(31-2)22(32-3)12-17(16)14-28/h5-6,11-13,20H,7-10,14H2,1-4H3,(H,26,29)(H,27,30). The van der Waals surface area contributed by atoms with Crippen molar-refractivity contribution in [1.82, 2.24) is 10.2 Å². The summed E-state index contributed by atoms with van der Waals surface area (Å²) in [5.41, 5.74) is 2.95. The number of benzene rings is 2. The van der Waals surface area contributed by atoms with Gasteiger partial charge < -0.3 is 25.0 Å². The molecule has 0 radical (unpaired) electrons. The number of thioether (sulfide) groups is 1. The number of urea groups is 1. The van der Waals surface area contributed by atoms with Crippen LogP contribution in [0.4, 0.5) is 14.9 Å². The van der Waals surface area contributed by atoms with Crippen molar-refractivity contribution in [2.75, 3.05) is 38.1 Å². The lowest BCUT2D eigenvalue weighted by Gasteiger charge is -2.31. The maximum atomic E-state index is 13.9. The Morgan fingerprint density at radius 3 is 2.48 bits per heavy atom. The van der Waals surface area contributed by atoms with Crippen molar-refractivity contribution in [3.05, 3.63) is 52.8 Å². The van der Waals surface area contributed by atoms with Gasteiger partial charge in [-0.05, 0) is 72.7 Å². The number of aryl methyl sites for hydroxylation is 1. The van der Waals surface area contributed by atoms with Crippen LogP contribution in [0.15, 0.2) is 30.3 Å². The summed E-state index contributed by atoms with van der Waals surface area (Å²) in [6, 6.07) is 7.31. The number of nitrogens with one attached hydrogen (secondary N) is 2. The fourth-order valence-electron chi connectivity index (χ4n) is 3.70. The molecule has 2 aromatic rings. The van der Waals surface area contributed by atoms with E-state index in [1.807, 2.05) is 18.4 Å². The van der Waals surface area contributed by atoms with Crippen LogP contribution in [0.5, 0.6) is 11.5 Å². The molecule has 0 saturated carbocycles. The van der Waals surface area contributed by atoms with E-state index in [0.29, 0.717) is 54.4 Å². The van der Waals surface area contributed by atoms with Gasteiger partial charge in [-0.25, -0.2) is 9.18 Å². The van der Waals surface area contributed by atoms with Gasteiger partial charge in [0.1, 0.15) is 11.9 Å². The summed E-state index contributed by atoms with van der Waals surface area (Å²) >= 11 is 1.59. The summed E-state index contributed by atoms with van der Waals surface area (Å²) < 4.78 is 24.6. The predicted octanol–water partition coefficient (Wildman–Crippen LogP) is 3.98. The third kappa shape index (κ3) is 6.10. The monoisotopic (exact) mass is 475 g/mol. The lowest BCUT2D eigenvalue weighted by Crippen LogP contribution is -2.50. The number of ether oxygens (including phenoxy) is 2. The van der Waals surface area contributed by atoms with Gasteiger partial charge in [-0.2, -0.15) is 11.8 Å². The average molecular weight is 476 g/mol. The molecule has 0 aromatic heterocycles. The Hall–Kier alpha value is -2.94. The minimum atomic E-state index is -0.735. The number of rotatable bonds is 8. The SMILES string of the molecule is COc1cc2c(cc1OC)CN(C(=O)NC(CCSC)C(=O)Nc1ccc(C)c(F)c1)CC2. The lowest BCUT2D eigenvalue weighted by atomic mass is 9.99. The van der Waals surface area contributed by atoms with Crippen molar-refractivity contribution < 1.29 is 23.5 Å². The van der Waals surface area contributed by atoms with Crippen molar-refractivity contribution in [2.24, 2.45) is 0 Å². The van der Waals surface area contributed by atoms with E-state index in [2.05, 4.69) is 10.6 Å². The predicted molar refractivity (Wildman–Crippen MR) is 129 cm³/mol. The van der Waals surface area contributed by atoms with Gasteiger partial charge in [0.15, 0.2) is 11.5 Å². The summed E-state index contributed by atoms with van der Waals surface area (Å²) in [5, 5.41) is 5.58. The summed E-state index contributed by atoms with van der Waals surface area (Å²) in [7, 11) is 3.17. The van der Waals surface area contributed by atoms with Crippen molar-refractivity contribution in [3.8, 4) is 11.5 Å². The molecule has 2 aromatic carbocycles. The maximum Gasteiger partial charge on any atom is 0.318 e. The molecule has 9 heteroatoms. The molecule has 1 heterocycles. The number of carbonyl (C=O) groups excluding carboxylic acids is 2. The molecule has 1 aliphatic heterocycles. The Morgan fingerprint density at radius 1 is 1.15 bits per heavy atom. The smallest absolute Gasteiger partial charge is 0.318 e. The zero-order valence-electron chi connectivity index (χ0n) is 19.4. The van der Waals surface area contributed by atoms with E-state index >= 15 is 0 Å². The summed E-state index contributed by atoms with van der Waals surface area (Å²) in [6.45, 7) is 2.58. The molecule has 2 N–H and O–H groups in total. The topological polar surface area (TPSA) is 79.9 Å². The number of carbonyl (C=O) groups is 2. The van der Waals surface area contributed by atoms with Gasteiger partial charge in [0.2, 0.25) is 5.91 Å². The highest BCUT2D eigenvalue weighted by atomic mass is 32.2. The molecule has 0 bridgehead atoms. The molecule has 3 rings (SSSR count). The Labute approximate surface area is 198 Å². The van der Waals surface area contributed by atoms with Gasteiger partial charge in [0.05, 0.1) is 14.2 Å². The van der Waals surface area contributed by atoms with Crippen LogP contribution in [0, 0.1) is 12.7 Å². The molecule has 0 aliphatic carbocycles. The first-order valence-electron chi connectivity index (χ1n) is 10.7. The molecule has 1 aliphatic rings. The number of fused-ring (bicyclic) bond motifs is 1. The van der Waals surface area contributed by atoms with E-state index in [4.69, 9.17) is 9.47 Å². The van der Waals surface area contributed by atoms with Crippen LogP contribution >= 0.6 is 11.8 Å². The second kappa shape index (κ2) is 11.3. The third-order valence-electron chi connectivity index (χ3n) is 5.67. The van der Waals surface area contributed by atoms with E-state index in [1.165, 1.54) is 6.07 Å². The zero-order valence-corrected chi connectivity index (χ0v) is 20.2. The molecular weight excluding hydrogens is 445 g/mol. The second-order valence-electron chi connectivity index (χ2n) is 7.88. The Kier molecular flexibility index (Phi) is 8.43. The number of methoxy groups -OCH3 is 2. The minimum Gasteiger partial charge on any atom is -0.493 e. The number of amides is 3. The van der Waals surface area contributed by atoms with Gasteiger partial charge in [0.25, 0.3) is 0 Å². The van der Waals surface area contributed by atoms with Gasteiger partial charge in [-0.3, -0.25) is 4.79 Å². The van der Waals surface area contributed by atoms with Gasteiger partial charge in [0, 0.05) is 18.8 Å². The van der Waals surface area contributed by atoms with Crippen molar-refractivity contribution in [1.29, 1.82) is 0 Å². The highest BCUT2D eigenvalue weighted by Gasteiger charge is 2.27. The fourth-order valence-corrected chi connectivity index (χ4v) is 4.17. The highest BCUT2D eigenvalue weighted by molar-refractivity contribution is 7.98. The molecule has 178 valence electrons. The molecule has 33 heavy (non-hydrogen) atoms. The van der Waals surface area contributed by atoms with Crippen LogP contribution in [0.25, 0.3) is 0 Å². The first-order chi connectivity index (χ1) is 15.9. The maximum absolute atomic E-state index is 13.9. The van der Waals surface area contributed by atoms with Crippen LogP contribution in [0.2, 0.25) is 0 Å². The number of anilines is 1. The van der Waals surface area contributed by atoms with Gasteiger partial charge >= 0.3 is 6.03 Å². The second-order valence-corrected chi connectivity index (χ2v) is 8.87. The molecule has 0 fully saturated rings. The minimum absolute atomic E-state index is 0.313. The van der Waals surface area contributed by atoms with Crippen LogP contribution in [-0.2, 0) is 17.8 Å². The third-order valence-corrected chi connectivity index (χ3v) is 6.31. The molecule has 0 spiro atoms. The number of hydrogen-bond donors (Lipinski definition) is 2. The normalized spacial score (nSPS) is 13.7. The zero-order chi connectivity index (χ0) is 24.0. The van der Waals surface area contributed by atoms with E-state index in [1.54, 1.807) is 49.9 Å². The van der Waals surface area contributed by atoms with Crippen LogP contribution in [0.1, 0.15) is 23.1 Å². The number of halogens is 1. The van der Waals surface area contributed by atoms with Crippen molar-refractivity contribution in [2.45, 2.75) is 32.4 Å².